The normalized spacial score (nSPS) is 14.8. The third kappa shape index (κ3) is 3.28. The summed E-state index contributed by atoms with van der Waals surface area (Å²) in [5.41, 5.74) is 1.06. The molecule has 1 aromatic heterocycles. The number of carbonyl (C=O) groups is 2. The van der Waals surface area contributed by atoms with Gasteiger partial charge in [0.1, 0.15) is 5.82 Å². The third-order valence-electron chi connectivity index (χ3n) is 3.48. The van der Waals surface area contributed by atoms with Crippen molar-refractivity contribution in [3.63, 3.8) is 0 Å². The predicted molar refractivity (Wildman–Crippen MR) is 92.7 cm³/mol. The highest BCUT2D eigenvalue weighted by Gasteiger charge is 2.39. The number of aliphatic hydroxyl groups excluding tert-OH is 1. The number of aliphatic hydroxyl groups is 1. The predicted octanol–water partition coefficient (Wildman–Crippen LogP) is 2.89. The summed E-state index contributed by atoms with van der Waals surface area (Å²) in [5, 5.41) is 10.9. The van der Waals surface area contributed by atoms with Crippen LogP contribution in [0.4, 0.5) is 4.39 Å². The van der Waals surface area contributed by atoms with Crippen LogP contribution in [0.1, 0.15) is 10.4 Å². The van der Waals surface area contributed by atoms with Gasteiger partial charge in [0.25, 0.3) is 11.8 Å². The minimum Gasteiger partial charge on any atom is -0.396 e. The molecule has 7 heteroatoms. The van der Waals surface area contributed by atoms with Crippen molar-refractivity contribution in [3.05, 3.63) is 62.9 Å². The Morgan fingerprint density at radius 3 is 2.50 bits per heavy atom. The molecule has 1 aliphatic heterocycles. The van der Waals surface area contributed by atoms with E-state index in [2.05, 4.69) is 0 Å². The fourth-order valence-electron chi connectivity index (χ4n) is 2.39. The van der Waals surface area contributed by atoms with E-state index >= 15 is 0 Å². The zero-order chi connectivity index (χ0) is 17.1. The lowest BCUT2D eigenvalue weighted by Gasteiger charge is -2.15. The molecule has 0 spiro atoms. The van der Waals surface area contributed by atoms with Gasteiger partial charge in [-0.25, -0.2) is 4.39 Å². The molecule has 124 valence electrons. The Morgan fingerprint density at radius 1 is 1.12 bits per heavy atom. The quantitative estimate of drug-likeness (QED) is 0.802. The van der Waals surface area contributed by atoms with Gasteiger partial charge in [0.05, 0.1) is 23.6 Å². The molecular weight excluding hydrogens is 349 g/mol. The Kier molecular flexibility index (Phi) is 5.13. The minimum atomic E-state index is -0.369. The first-order valence-corrected chi connectivity index (χ1v) is 9.11. The summed E-state index contributed by atoms with van der Waals surface area (Å²) in [7, 11) is 0. The van der Waals surface area contributed by atoms with Crippen molar-refractivity contribution in [3.8, 4) is 0 Å². The second-order valence-corrected chi connectivity index (χ2v) is 7.13. The van der Waals surface area contributed by atoms with Crippen molar-refractivity contribution in [2.75, 3.05) is 12.4 Å². The van der Waals surface area contributed by atoms with Crippen LogP contribution in [-0.2, 0) is 16.1 Å². The number of thioether (sulfide) groups is 1. The smallest absolute Gasteiger partial charge is 0.268 e. The highest BCUT2D eigenvalue weighted by atomic mass is 32.2. The highest BCUT2D eigenvalue weighted by Crippen LogP contribution is 2.38. The maximum Gasteiger partial charge on any atom is 0.268 e. The van der Waals surface area contributed by atoms with Crippen LogP contribution in [0.25, 0.3) is 5.57 Å². The van der Waals surface area contributed by atoms with Crippen molar-refractivity contribution in [2.45, 2.75) is 6.54 Å². The summed E-state index contributed by atoms with van der Waals surface area (Å²) < 4.78 is 13.0. The first-order valence-electron chi connectivity index (χ1n) is 7.24. The zero-order valence-electron chi connectivity index (χ0n) is 12.6. The number of benzene rings is 1. The number of thiophene rings is 1. The first kappa shape index (κ1) is 16.9. The molecule has 1 N–H and O–H groups in total. The van der Waals surface area contributed by atoms with E-state index < -0.39 is 0 Å². The second-order valence-electron chi connectivity index (χ2n) is 5.08. The number of rotatable bonds is 6. The number of amides is 2. The summed E-state index contributed by atoms with van der Waals surface area (Å²) in [6.45, 7) is 0.0152. The number of hydrogen-bond donors (Lipinski definition) is 1. The number of nitrogens with zero attached hydrogens (tertiary/aromatic N) is 1. The second kappa shape index (κ2) is 7.29. The molecule has 0 atom stereocenters. The van der Waals surface area contributed by atoms with E-state index in [-0.39, 0.29) is 30.8 Å². The van der Waals surface area contributed by atoms with Crippen LogP contribution in [0.2, 0.25) is 0 Å². The molecule has 1 aromatic carbocycles. The lowest BCUT2D eigenvalue weighted by molar-refractivity contribution is -0.137. The monoisotopic (exact) mass is 363 g/mol. The van der Waals surface area contributed by atoms with Crippen LogP contribution in [0, 0.1) is 5.82 Å². The van der Waals surface area contributed by atoms with E-state index in [0.29, 0.717) is 21.8 Å². The average Bonchev–Trinajstić information content (AvgIpc) is 3.17. The van der Waals surface area contributed by atoms with Gasteiger partial charge in [-0.15, -0.1) is 23.1 Å². The van der Waals surface area contributed by atoms with Crippen molar-refractivity contribution < 1.29 is 19.1 Å². The Hall–Kier alpha value is -1.96. The Labute approximate surface area is 146 Å². The standard InChI is InChI=1S/C17H14FNO3S2/c18-12-5-3-11(4-6-12)10-19-16(21)14(13-2-1-8-23-13)15(17(19)22)24-9-7-20/h1-6,8,20H,7,9-10H2. The van der Waals surface area contributed by atoms with Gasteiger partial charge in [0.15, 0.2) is 0 Å². The Morgan fingerprint density at radius 2 is 1.88 bits per heavy atom. The van der Waals surface area contributed by atoms with Crippen molar-refractivity contribution in [2.24, 2.45) is 0 Å². The van der Waals surface area contributed by atoms with E-state index in [1.807, 2.05) is 11.4 Å². The summed E-state index contributed by atoms with van der Waals surface area (Å²) >= 11 is 2.57. The number of carbonyl (C=O) groups excluding carboxylic acids is 2. The Bertz CT molecular complexity index is 785. The summed E-state index contributed by atoms with van der Waals surface area (Å²) in [5.74, 6) is -0.749. The van der Waals surface area contributed by atoms with E-state index in [0.717, 1.165) is 4.88 Å². The van der Waals surface area contributed by atoms with Gasteiger partial charge in [-0.3, -0.25) is 14.5 Å². The SMILES string of the molecule is O=C1C(SCCO)=C(c2cccs2)C(=O)N1Cc1ccc(F)cc1. The molecule has 0 saturated heterocycles. The number of imide groups is 1. The van der Waals surface area contributed by atoms with E-state index in [1.165, 1.54) is 40.1 Å². The van der Waals surface area contributed by atoms with Crippen LogP contribution in [0.3, 0.4) is 0 Å². The van der Waals surface area contributed by atoms with E-state index in [4.69, 9.17) is 5.11 Å². The molecule has 2 heterocycles. The fourth-order valence-corrected chi connectivity index (χ4v) is 4.09. The maximum absolute atomic E-state index is 13.0. The largest absolute Gasteiger partial charge is 0.396 e. The molecule has 3 rings (SSSR count). The van der Waals surface area contributed by atoms with Crippen molar-refractivity contribution >= 4 is 40.5 Å². The number of hydrogen-bond acceptors (Lipinski definition) is 5. The van der Waals surface area contributed by atoms with Crippen LogP contribution in [0.5, 0.6) is 0 Å². The molecule has 2 amide bonds. The molecule has 0 fully saturated rings. The van der Waals surface area contributed by atoms with Crippen molar-refractivity contribution in [1.82, 2.24) is 4.90 Å². The van der Waals surface area contributed by atoms with Crippen LogP contribution >= 0.6 is 23.1 Å². The zero-order valence-corrected chi connectivity index (χ0v) is 14.2. The molecule has 24 heavy (non-hydrogen) atoms. The van der Waals surface area contributed by atoms with Gasteiger partial charge in [-0.2, -0.15) is 0 Å². The molecule has 4 nitrogen and oxygen atoms in total. The van der Waals surface area contributed by atoms with Gasteiger partial charge < -0.3 is 5.11 Å². The molecular formula is C17H14FNO3S2. The van der Waals surface area contributed by atoms with E-state index in [1.54, 1.807) is 18.2 Å². The number of halogens is 1. The molecule has 0 aliphatic carbocycles. The summed E-state index contributed by atoms with van der Waals surface area (Å²) in [6.07, 6.45) is 0. The van der Waals surface area contributed by atoms with E-state index in [9.17, 15) is 14.0 Å². The third-order valence-corrected chi connectivity index (χ3v) is 5.43. The molecule has 1 aliphatic rings. The van der Waals surface area contributed by atoms with Crippen LogP contribution in [0.15, 0.2) is 46.7 Å². The van der Waals surface area contributed by atoms with Gasteiger partial charge in [-0.05, 0) is 29.1 Å². The van der Waals surface area contributed by atoms with Crippen LogP contribution in [-0.4, -0.2) is 34.2 Å². The van der Waals surface area contributed by atoms with Crippen LogP contribution < -0.4 is 0 Å². The molecule has 0 unspecified atom stereocenters. The lowest BCUT2D eigenvalue weighted by atomic mass is 10.2. The van der Waals surface area contributed by atoms with Gasteiger partial charge >= 0.3 is 0 Å². The van der Waals surface area contributed by atoms with Gasteiger partial charge in [0, 0.05) is 10.6 Å². The molecule has 2 aromatic rings. The minimum absolute atomic E-state index is 0.0781. The molecule has 0 bridgehead atoms. The molecule has 0 saturated carbocycles. The first-order chi connectivity index (χ1) is 11.6. The van der Waals surface area contributed by atoms with Crippen molar-refractivity contribution in [1.29, 1.82) is 0 Å². The summed E-state index contributed by atoms with van der Waals surface area (Å²) in [6, 6.07) is 9.33. The average molecular weight is 363 g/mol. The van der Waals surface area contributed by atoms with Gasteiger partial charge in [0.2, 0.25) is 0 Å². The van der Waals surface area contributed by atoms with Gasteiger partial charge in [-0.1, -0.05) is 18.2 Å². The topological polar surface area (TPSA) is 57.6 Å². The highest BCUT2D eigenvalue weighted by molar-refractivity contribution is 8.04. The Balaban J connectivity index is 1.90. The molecule has 0 radical (unpaired) electrons. The lowest BCUT2D eigenvalue weighted by Crippen LogP contribution is -2.30. The summed E-state index contributed by atoms with van der Waals surface area (Å²) in [4.78, 5) is 27.7. The maximum atomic E-state index is 13.0. The fraction of sp³-hybridized carbons (Fsp3) is 0.176.